The van der Waals surface area contributed by atoms with Crippen molar-refractivity contribution in [1.29, 1.82) is 0 Å². The van der Waals surface area contributed by atoms with Crippen molar-refractivity contribution in [3.63, 3.8) is 0 Å². The molecule has 26 heavy (non-hydrogen) atoms. The summed E-state index contributed by atoms with van der Waals surface area (Å²) in [6, 6.07) is 14.7. The molecule has 3 aromatic heterocycles. The first-order valence-corrected chi connectivity index (χ1v) is 9.33. The molecular weight excluding hydrogens is 351 g/mol. The van der Waals surface area contributed by atoms with E-state index in [0.29, 0.717) is 11.5 Å². The summed E-state index contributed by atoms with van der Waals surface area (Å²) in [5.41, 5.74) is 3.22. The Hall–Kier alpha value is -2.87. The molecule has 6 nitrogen and oxygen atoms in total. The van der Waals surface area contributed by atoms with Gasteiger partial charge < -0.3 is 4.57 Å². The quantitative estimate of drug-likeness (QED) is 0.454. The van der Waals surface area contributed by atoms with Gasteiger partial charge in [-0.15, -0.1) is 15.3 Å². The molecule has 0 saturated carbocycles. The highest BCUT2D eigenvalue weighted by atomic mass is 32.2. The monoisotopic (exact) mass is 366 g/mol. The molecule has 0 amide bonds. The molecule has 0 unspecified atom stereocenters. The highest BCUT2D eigenvalue weighted by molar-refractivity contribution is 7.98. The maximum Gasteiger partial charge on any atom is 0.260 e. The third-order valence-corrected chi connectivity index (χ3v) is 5.43. The molecule has 2 aromatic carbocycles. The number of nitrogens with zero attached hydrogens (tertiary/aromatic N) is 6. The lowest BCUT2D eigenvalue weighted by Crippen LogP contribution is -1.96. The Morgan fingerprint density at radius 2 is 1.73 bits per heavy atom. The van der Waals surface area contributed by atoms with Crippen molar-refractivity contribution >= 4 is 34.4 Å². The van der Waals surface area contributed by atoms with E-state index < -0.39 is 0 Å². The number of hydrogen-bond donors (Lipinski definition) is 0. The Bertz CT molecular complexity index is 1230. The number of rotatable bonds is 4. The van der Waals surface area contributed by atoms with Gasteiger partial charge in [-0.2, -0.15) is 4.52 Å². The van der Waals surface area contributed by atoms with Gasteiger partial charge in [0.15, 0.2) is 0 Å². The molecular formula is C18H15FN6S. The standard InChI is InChI=1S/C18H15FN6S/c1-2-23-14-5-3-4-6-15(14)24-16-20-21-18(25(16)22-17(23)24)26-11-12-7-9-13(19)10-8-12/h3-10H,2,11H2,1H3. The second kappa shape index (κ2) is 5.84. The molecule has 5 rings (SSSR count). The van der Waals surface area contributed by atoms with Gasteiger partial charge >= 0.3 is 0 Å². The summed E-state index contributed by atoms with van der Waals surface area (Å²) in [4.78, 5) is 0. The summed E-state index contributed by atoms with van der Waals surface area (Å²) in [6.45, 7) is 2.93. The Kier molecular flexibility index (Phi) is 3.46. The van der Waals surface area contributed by atoms with E-state index in [9.17, 15) is 4.39 Å². The van der Waals surface area contributed by atoms with Crippen molar-refractivity contribution in [2.24, 2.45) is 0 Å². The van der Waals surface area contributed by atoms with Gasteiger partial charge in [-0.05, 0) is 36.8 Å². The minimum Gasteiger partial charge on any atom is -0.309 e. The summed E-state index contributed by atoms with van der Waals surface area (Å²) in [5, 5.41) is 14.1. The van der Waals surface area contributed by atoms with Gasteiger partial charge in [-0.1, -0.05) is 36.0 Å². The SMILES string of the molecule is CCn1c2ccccc2n2c1nn1c(SCc3ccc(F)cc3)nnc12. The molecule has 0 atom stereocenters. The Balaban J connectivity index is 1.60. The number of para-hydroxylation sites is 2. The predicted molar refractivity (Wildman–Crippen MR) is 98.9 cm³/mol. The lowest BCUT2D eigenvalue weighted by atomic mass is 10.2. The average molecular weight is 366 g/mol. The third kappa shape index (κ3) is 2.22. The van der Waals surface area contributed by atoms with Gasteiger partial charge in [0.1, 0.15) is 5.82 Å². The maximum atomic E-state index is 13.0. The lowest BCUT2D eigenvalue weighted by molar-refractivity contribution is 0.627. The molecule has 0 N–H and O–H groups in total. The summed E-state index contributed by atoms with van der Waals surface area (Å²) in [5.74, 6) is 2.00. The highest BCUT2D eigenvalue weighted by Crippen LogP contribution is 2.26. The lowest BCUT2D eigenvalue weighted by Gasteiger charge is -2.00. The third-order valence-electron chi connectivity index (χ3n) is 4.44. The molecule has 0 aliphatic heterocycles. The van der Waals surface area contributed by atoms with Gasteiger partial charge in [0.25, 0.3) is 5.78 Å². The largest absolute Gasteiger partial charge is 0.309 e. The van der Waals surface area contributed by atoms with Gasteiger partial charge in [-0.3, -0.25) is 0 Å². The zero-order chi connectivity index (χ0) is 17.7. The second-order valence-corrected chi connectivity index (χ2v) is 6.92. The summed E-state index contributed by atoms with van der Waals surface area (Å²) >= 11 is 1.53. The van der Waals surface area contributed by atoms with Crippen molar-refractivity contribution in [3.8, 4) is 0 Å². The van der Waals surface area contributed by atoms with Crippen LogP contribution in [0.15, 0.2) is 53.7 Å². The van der Waals surface area contributed by atoms with Crippen LogP contribution in [0.5, 0.6) is 0 Å². The van der Waals surface area contributed by atoms with E-state index >= 15 is 0 Å². The Morgan fingerprint density at radius 3 is 2.50 bits per heavy atom. The van der Waals surface area contributed by atoms with Crippen molar-refractivity contribution in [3.05, 3.63) is 59.9 Å². The number of thioether (sulfide) groups is 1. The van der Waals surface area contributed by atoms with E-state index in [1.807, 2.05) is 16.5 Å². The van der Waals surface area contributed by atoms with Crippen molar-refractivity contribution in [2.75, 3.05) is 0 Å². The van der Waals surface area contributed by atoms with E-state index in [2.05, 4.69) is 33.8 Å². The minimum absolute atomic E-state index is 0.229. The number of imidazole rings is 1. The fraction of sp³-hybridized carbons (Fsp3) is 0.167. The first-order valence-electron chi connectivity index (χ1n) is 8.34. The fourth-order valence-corrected chi connectivity index (χ4v) is 4.05. The van der Waals surface area contributed by atoms with Gasteiger partial charge in [0.05, 0.1) is 11.0 Å². The van der Waals surface area contributed by atoms with Crippen LogP contribution in [0.2, 0.25) is 0 Å². The number of aryl methyl sites for hydroxylation is 1. The minimum atomic E-state index is -0.229. The van der Waals surface area contributed by atoms with E-state index in [4.69, 9.17) is 5.10 Å². The summed E-state index contributed by atoms with van der Waals surface area (Å²) in [7, 11) is 0. The summed E-state index contributed by atoms with van der Waals surface area (Å²) < 4.78 is 19.0. The molecule has 0 radical (unpaired) electrons. The molecule has 0 saturated heterocycles. The van der Waals surface area contributed by atoms with Crippen LogP contribution in [0, 0.1) is 5.82 Å². The number of fused-ring (bicyclic) bond motifs is 5. The zero-order valence-corrected chi connectivity index (χ0v) is 14.8. The Morgan fingerprint density at radius 1 is 0.962 bits per heavy atom. The maximum absolute atomic E-state index is 13.0. The van der Waals surface area contributed by atoms with Crippen LogP contribution in [0.25, 0.3) is 22.6 Å². The molecule has 0 spiro atoms. The van der Waals surface area contributed by atoms with Crippen LogP contribution >= 0.6 is 11.8 Å². The first kappa shape index (κ1) is 15.4. The molecule has 3 heterocycles. The molecule has 8 heteroatoms. The highest BCUT2D eigenvalue weighted by Gasteiger charge is 2.19. The molecule has 0 fully saturated rings. The van der Waals surface area contributed by atoms with Crippen LogP contribution < -0.4 is 0 Å². The number of aromatic nitrogens is 6. The molecule has 5 aromatic rings. The van der Waals surface area contributed by atoms with Crippen LogP contribution in [-0.4, -0.2) is 28.8 Å². The van der Waals surface area contributed by atoms with Gasteiger partial charge in [-0.25, -0.2) is 8.79 Å². The van der Waals surface area contributed by atoms with E-state index in [1.165, 1.54) is 23.9 Å². The molecule has 0 aliphatic rings. The van der Waals surface area contributed by atoms with E-state index in [0.717, 1.165) is 34.1 Å². The molecule has 0 aliphatic carbocycles. The van der Waals surface area contributed by atoms with Gasteiger partial charge in [0, 0.05) is 12.3 Å². The average Bonchev–Trinajstić information content (AvgIpc) is 3.30. The van der Waals surface area contributed by atoms with Crippen LogP contribution in [-0.2, 0) is 12.3 Å². The van der Waals surface area contributed by atoms with E-state index in [-0.39, 0.29) is 5.82 Å². The predicted octanol–water partition coefficient (Wildman–Crippen LogP) is 3.78. The van der Waals surface area contributed by atoms with Crippen LogP contribution in [0.4, 0.5) is 4.39 Å². The van der Waals surface area contributed by atoms with Crippen molar-refractivity contribution in [1.82, 2.24) is 28.8 Å². The smallest absolute Gasteiger partial charge is 0.260 e. The van der Waals surface area contributed by atoms with Crippen LogP contribution in [0.1, 0.15) is 12.5 Å². The molecule has 130 valence electrons. The number of halogens is 1. The number of hydrogen-bond acceptors (Lipinski definition) is 4. The Labute approximate surface area is 152 Å². The van der Waals surface area contributed by atoms with Crippen molar-refractivity contribution < 1.29 is 4.39 Å². The first-order chi connectivity index (χ1) is 12.8. The second-order valence-electron chi connectivity index (χ2n) is 5.98. The van der Waals surface area contributed by atoms with Gasteiger partial charge in [0.2, 0.25) is 10.9 Å². The number of benzene rings is 2. The topological polar surface area (TPSA) is 52.4 Å². The fourth-order valence-electron chi connectivity index (χ4n) is 3.22. The molecule has 0 bridgehead atoms. The summed E-state index contributed by atoms with van der Waals surface area (Å²) in [6.07, 6.45) is 0. The zero-order valence-electron chi connectivity index (χ0n) is 14.0. The van der Waals surface area contributed by atoms with Crippen molar-refractivity contribution in [2.45, 2.75) is 24.4 Å². The van der Waals surface area contributed by atoms with Crippen LogP contribution in [0.3, 0.4) is 0 Å². The van der Waals surface area contributed by atoms with E-state index in [1.54, 1.807) is 16.6 Å². The normalized spacial score (nSPS) is 11.9.